The van der Waals surface area contributed by atoms with Crippen molar-refractivity contribution in [3.8, 4) is 5.75 Å². The molecule has 1 aromatic heterocycles. The van der Waals surface area contributed by atoms with E-state index in [1.165, 1.54) is 0 Å². The van der Waals surface area contributed by atoms with Crippen LogP contribution in [0.3, 0.4) is 0 Å². The average molecular weight is 421 g/mol. The van der Waals surface area contributed by atoms with Crippen LogP contribution in [0, 0.1) is 6.92 Å². The number of aromatic nitrogens is 2. The van der Waals surface area contributed by atoms with E-state index in [9.17, 15) is 4.79 Å². The van der Waals surface area contributed by atoms with E-state index < -0.39 is 0 Å². The van der Waals surface area contributed by atoms with Gasteiger partial charge >= 0.3 is 0 Å². The fraction of sp³-hybridized carbons (Fsp3) is 0.524. The first-order valence-electron chi connectivity index (χ1n) is 10.1. The molecule has 2 fully saturated rings. The van der Waals surface area contributed by atoms with E-state index in [-0.39, 0.29) is 24.4 Å². The predicted molar refractivity (Wildman–Crippen MR) is 114 cm³/mol. The van der Waals surface area contributed by atoms with Gasteiger partial charge in [0, 0.05) is 19.3 Å². The zero-order valence-electron chi connectivity index (χ0n) is 16.7. The second-order valence-corrected chi connectivity index (χ2v) is 7.58. The normalized spacial score (nSPS) is 21.4. The largest absolute Gasteiger partial charge is 0.489 e. The summed E-state index contributed by atoms with van der Waals surface area (Å²) >= 11 is 0. The summed E-state index contributed by atoms with van der Waals surface area (Å²) in [6.07, 6.45) is 6.31. The van der Waals surface area contributed by atoms with Crippen LogP contribution in [0.1, 0.15) is 47.8 Å². The molecule has 0 bridgehead atoms. The molecule has 8 heteroatoms. The number of piperidine rings is 1. The Morgan fingerprint density at radius 2 is 2.24 bits per heavy atom. The van der Waals surface area contributed by atoms with Crippen molar-refractivity contribution in [3.63, 3.8) is 0 Å². The van der Waals surface area contributed by atoms with Crippen molar-refractivity contribution in [3.05, 3.63) is 41.7 Å². The van der Waals surface area contributed by atoms with Crippen LogP contribution < -0.4 is 15.4 Å². The molecule has 2 aliphatic heterocycles. The predicted octanol–water partition coefficient (Wildman–Crippen LogP) is 3.35. The van der Waals surface area contributed by atoms with E-state index in [0.717, 1.165) is 50.9 Å². The Kier molecular flexibility index (Phi) is 7.52. The van der Waals surface area contributed by atoms with Crippen molar-refractivity contribution in [2.75, 3.05) is 31.6 Å². The number of hydrogen-bond donors (Lipinski definition) is 2. The minimum Gasteiger partial charge on any atom is -0.489 e. The van der Waals surface area contributed by atoms with Gasteiger partial charge in [-0.25, -0.2) is 0 Å². The number of aryl methyl sites for hydroxylation is 1. The lowest BCUT2D eigenvalue weighted by molar-refractivity contribution is 0.0681. The third-order valence-electron chi connectivity index (χ3n) is 5.32. The molecule has 2 saturated heterocycles. The first kappa shape index (κ1) is 21.6. The second-order valence-electron chi connectivity index (χ2n) is 7.58. The minimum atomic E-state index is -0.228. The first-order chi connectivity index (χ1) is 13.7. The Bertz CT molecular complexity index is 814. The number of amides is 1. The van der Waals surface area contributed by atoms with Gasteiger partial charge in [0.05, 0.1) is 17.8 Å². The van der Waals surface area contributed by atoms with E-state index in [1.54, 1.807) is 6.07 Å². The van der Waals surface area contributed by atoms with Gasteiger partial charge in [0.15, 0.2) is 5.69 Å². The molecule has 1 aromatic carbocycles. The third-order valence-corrected chi connectivity index (χ3v) is 5.32. The SMILES string of the molecule is Cc1ccc(NC(=O)c2ccn(C3CCCNC3)n2)c(OCC2CCCO2)c1.Cl. The van der Waals surface area contributed by atoms with Gasteiger partial charge in [0.1, 0.15) is 12.4 Å². The fourth-order valence-corrected chi connectivity index (χ4v) is 3.72. The summed E-state index contributed by atoms with van der Waals surface area (Å²) in [7, 11) is 0. The van der Waals surface area contributed by atoms with Crippen molar-refractivity contribution in [2.24, 2.45) is 0 Å². The van der Waals surface area contributed by atoms with Crippen molar-refractivity contribution < 1.29 is 14.3 Å². The molecule has 29 heavy (non-hydrogen) atoms. The number of nitrogens with one attached hydrogen (secondary N) is 2. The smallest absolute Gasteiger partial charge is 0.276 e. The Balaban J connectivity index is 0.00000240. The topological polar surface area (TPSA) is 77.4 Å². The lowest BCUT2D eigenvalue weighted by atomic mass is 10.1. The monoisotopic (exact) mass is 420 g/mol. The van der Waals surface area contributed by atoms with Gasteiger partial charge in [0.2, 0.25) is 0 Å². The van der Waals surface area contributed by atoms with E-state index >= 15 is 0 Å². The van der Waals surface area contributed by atoms with Crippen molar-refractivity contribution in [1.29, 1.82) is 0 Å². The van der Waals surface area contributed by atoms with Crippen molar-refractivity contribution in [2.45, 2.75) is 44.8 Å². The van der Waals surface area contributed by atoms with E-state index in [2.05, 4.69) is 15.7 Å². The number of rotatable bonds is 6. The molecule has 4 rings (SSSR count). The van der Waals surface area contributed by atoms with Gasteiger partial charge in [-0.3, -0.25) is 9.48 Å². The number of hydrogen-bond acceptors (Lipinski definition) is 5. The molecule has 2 unspecified atom stereocenters. The highest BCUT2D eigenvalue weighted by atomic mass is 35.5. The third kappa shape index (κ3) is 5.50. The molecule has 2 aromatic rings. The molecule has 1 amide bonds. The summed E-state index contributed by atoms with van der Waals surface area (Å²) in [6, 6.07) is 7.85. The van der Waals surface area contributed by atoms with Crippen LogP contribution in [0.2, 0.25) is 0 Å². The quantitative estimate of drug-likeness (QED) is 0.749. The first-order valence-corrected chi connectivity index (χ1v) is 10.1. The number of carbonyl (C=O) groups is 1. The van der Waals surface area contributed by atoms with Gasteiger partial charge < -0.3 is 20.1 Å². The molecule has 0 spiro atoms. The summed E-state index contributed by atoms with van der Waals surface area (Å²) in [5.41, 5.74) is 2.15. The van der Waals surface area contributed by atoms with Crippen LogP contribution in [0.5, 0.6) is 5.75 Å². The van der Waals surface area contributed by atoms with Gasteiger partial charge in [0.25, 0.3) is 5.91 Å². The average Bonchev–Trinajstić information content (AvgIpc) is 3.41. The van der Waals surface area contributed by atoms with E-state index in [0.29, 0.717) is 29.8 Å². The van der Waals surface area contributed by atoms with Crippen molar-refractivity contribution >= 4 is 24.0 Å². The summed E-state index contributed by atoms with van der Waals surface area (Å²) in [5.74, 6) is 0.438. The molecule has 0 saturated carbocycles. The van der Waals surface area contributed by atoms with Gasteiger partial charge in [-0.05, 0) is 62.9 Å². The molecule has 2 atom stereocenters. The zero-order valence-corrected chi connectivity index (χ0v) is 17.5. The molecule has 0 aliphatic carbocycles. The minimum absolute atomic E-state index is 0. The zero-order chi connectivity index (χ0) is 19.3. The van der Waals surface area contributed by atoms with Crippen LogP contribution >= 0.6 is 12.4 Å². The summed E-state index contributed by atoms with van der Waals surface area (Å²) in [6.45, 7) is 5.24. The van der Waals surface area contributed by atoms with Crippen LogP contribution in [0.4, 0.5) is 5.69 Å². The lowest BCUT2D eigenvalue weighted by Gasteiger charge is -2.22. The number of halogens is 1. The van der Waals surface area contributed by atoms with Gasteiger partial charge in [-0.15, -0.1) is 12.4 Å². The van der Waals surface area contributed by atoms with Crippen molar-refractivity contribution in [1.82, 2.24) is 15.1 Å². The van der Waals surface area contributed by atoms with Gasteiger partial charge in [-0.1, -0.05) is 6.07 Å². The molecule has 2 N–H and O–H groups in total. The Labute approximate surface area is 177 Å². The highest BCUT2D eigenvalue weighted by molar-refractivity contribution is 6.03. The van der Waals surface area contributed by atoms with Crippen LogP contribution in [-0.2, 0) is 4.74 Å². The van der Waals surface area contributed by atoms with Gasteiger partial charge in [-0.2, -0.15) is 5.10 Å². The lowest BCUT2D eigenvalue weighted by Crippen LogP contribution is -2.32. The molecule has 0 radical (unpaired) electrons. The highest BCUT2D eigenvalue weighted by Crippen LogP contribution is 2.27. The fourth-order valence-electron chi connectivity index (χ4n) is 3.72. The number of benzene rings is 1. The molecule has 7 nitrogen and oxygen atoms in total. The number of carbonyl (C=O) groups excluding carboxylic acids is 1. The Morgan fingerprint density at radius 3 is 3.00 bits per heavy atom. The number of ether oxygens (including phenoxy) is 2. The molecule has 2 aliphatic rings. The van der Waals surface area contributed by atoms with Crippen LogP contribution in [0.25, 0.3) is 0 Å². The summed E-state index contributed by atoms with van der Waals surface area (Å²) < 4.78 is 13.5. The number of nitrogens with zero attached hydrogens (tertiary/aromatic N) is 2. The molecule has 3 heterocycles. The molecular formula is C21H29ClN4O3. The molecular weight excluding hydrogens is 392 g/mol. The standard InChI is InChI=1S/C21H28N4O3.ClH/c1-15-6-7-18(20(12-15)28-14-17-5-3-11-27-17)23-21(26)19-8-10-25(24-19)16-4-2-9-22-13-16;/h6-8,10,12,16-17,22H,2-5,9,11,13-14H2,1H3,(H,23,26);1H. The van der Waals surface area contributed by atoms with Crippen LogP contribution in [-0.4, -0.2) is 48.1 Å². The molecule has 158 valence electrons. The Morgan fingerprint density at radius 1 is 1.34 bits per heavy atom. The van der Waals surface area contributed by atoms with E-state index in [4.69, 9.17) is 9.47 Å². The highest BCUT2D eigenvalue weighted by Gasteiger charge is 2.20. The maximum atomic E-state index is 12.7. The maximum Gasteiger partial charge on any atom is 0.276 e. The number of anilines is 1. The summed E-state index contributed by atoms with van der Waals surface area (Å²) in [4.78, 5) is 12.7. The Hall–Kier alpha value is -2.09. The van der Waals surface area contributed by atoms with Crippen LogP contribution in [0.15, 0.2) is 30.5 Å². The maximum absolute atomic E-state index is 12.7. The van der Waals surface area contributed by atoms with E-state index in [1.807, 2.05) is 36.0 Å². The summed E-state index contributed by atoms with van der Waals surface area (Å²) in [5, 5.41) is 10.8. The second kappa shape index (κ2) is 10.1.